The summed E-state index contributed by atoms with van der Waals surface area (Å²) in [7, 11) is 0. The summed E-state index contributed by atoms with van der Waals surface area (Å²) in [4.78, 5) is 0. The normalized spacial score (nSPS) is 12.1. The quantitative estimate of drug-likeness (QED) is 0.423. The van der Waals surface area contributed by atoms with Crippen LogP contribution in [0.15, 0.2) is 11.6 Å². The van der Waals surface area contributed by atoms with E-state index in [1.807, 2.05) is 6.92 Å². The topological polar surface area (TPSA) is 9.23 Å². The lowest BCUT2D eigenvalue weighted by Gasteiger charge is -2.01. The minimum Gasteiger partial charge on any atom is -0.377 e. The fourth-order valence-electron chi connectivity index (χ4n) is 0.563. The molecule has 0 bridgehead atoms. The summed E-state index contributed by atoms with van der Waals surface area (Å²) in [5.41, 5.74) is 1.32. The highest BCUT2D eigenvalue weighted by atomic mass is 16.5. The van der Waals surface area contributed by atoms with Crippen LogP contribution in [-0.2, 0) is 4.74 Å². The van der Waals surface area contributed by atoms with E-state index >= 15 is 0 Å². The zero-order chi connectivity index (χ0) is 7.82. The molecule has 0 saturated carbocycles. The summed E-state index contributed by atoms with van der Waals surface area (Å²) >= 11 is 0. The first-order chi connectivity index (χ1) is 4.81. The van der Waals surface area contributed by atoms with E-state index < -0.39 is 0 Å². The number of hydrogen-bond donors (Lipinski definition) is 0. The Morgan fingerprint density at radius 2 is 2.20 bits per heavy atom. The molecule has 10 heavy (non-hydrogen) atoms. The van der Waals surface area contributed by atoms with Gasteiger partial charge in [-0.25, -0.2) is 0 Å². The van der Waals surface area contributed by atoms with Gasteiger partial charge in [-0.3, -0.25) is 0 Å². The molecule has 0 aliphatic carbocycles. The zero-order valence-corrected chi connectivity index (χ0v) is 7.31. The summed E-state index contributed by atoms with van der Waals surface area (Å²) in [5.74, 6) is 0. The molecule has 0 unspecified atom stereocenters. The zero-order valence-electron chi connectivity index (χ0n) is 7.31. The number of hydrogen-bond acceptors (Lipinski definition) is 1. The minimum absolute atomic E-state index is 0.802. The van der Waals surface area contributed by atoms with Crippen molar-refractivity contribution in [3.8, 4) is 0 Å². The molecule has 0 aliphatic rings. The predicted molar refractivity (Wildman–Crippen MR) is 45.2 cm³/mol. The van der Waals surface area contributed by atoms with Crippen molar-refractivity contribution in [3.63, 3.8) is 0 Å². The molecule has 0 aromatic heterocycles. The predicted octanol–water partition coefficient (Wildman–Crippen LogP) is 2.77. The van der Waals surface area contributed by atoms with Crippen molar-refractivity contribution in [3.05, 3.63) is 11.6 Å². The van der Waals surface area contributed by atoms with Gasteiger partial charge in [0.25, 0.3) is 0 Å². The highest BCUT2D eigenvalue weighted by molar-refractivity contribution is 4.95. The van der Waals surface area contributed by atoms with Crippen LogP contribution in [0.4, 0.5) is 0 Å². The minimum atomic E-state index is 0.802. The maximum Gasteiger partial charge on any atom is 0.0673 e. The second kappa shape index (κ2) is 6.81. The van der Waals surface area contributed by atoms with E-state index in [9.17, 15) is 0 Å². The standard InChI is InChI=1S/C9H18O/c1-4-6-7-10-8-9(3)5-2/h5H,4,6-8H2,1-3H3/b9-5+. The highest BCUT2D eigenvalue weighted by Crippen LogP contribution is 1.94. The molecular formula is C9H18O. The fraction of sp³-hybridized carbons (Fsp3) is 0.778. The van der Waals surface area contributed by atoms with Gasteiger partial charge in [0, 0.05) is 6.61 Å². The number of allylic oxidation sites excluding steroid dienone is 1. The van der Waals surface area contributed by atoms with Gasteiger partial charge in [0.15, 0.2) is 0 Å². The van der Waals surface area contributed by atoms with Gasteiger partial charge in [-0.2, -0.15) is 0 Å². The average molecular weight is 142 g/mol. The summed E-state index contributed by atoms with van der Waals surface area (Å²) < 4.78 is 5.36. The Morgan fingerprint density at radius 3 is 2.70 bits per heavy atom. The van der Waals surface area contributed by atoms with E-state index in [0.29, 0.717) is 0 Å². The lowest BCUT2D eigenvalue weighted by atomic mass is 10.3. The molecule has 60 valence electrons. The Hall–Kier alpha value is -0.300. The van der Waals surface area contributed by atoms with Crippen LogP contribution < -0.4 is 0 Å². The van der Waals surface area contributed by atoms with Gasteiger partial charge in [0.05, 0.1) is 6.61 Å². The lowest BCUT2D eigenvalue weighted by Crippen LogP contribution is -1.96. The molecule has 0 atom stereocenters. The number of rotatable bonds is 5. The second-order valence-corrected chi connectivity index (χ2v) is 2.54. The Kier molecular flexibility index (Phi) is 6.61. The molecule has 1 nitrogen and oxygen atoms in total. The van der Waals surface area contributed by atoms with E-state index in [0.717, 1.165) is 13.2 Å². The molecule has 0 fully saturated rings. The van der Waals surface area contributed by atoms with Crippen molar-refractivity contribution in [2.45, 2.75) is 33.6 Å². The van der Waals surface area contributed by atoms with Gasteiger partial charge in [-0.15, -0.1) is 0 Å². The molecule has 0 aromatic rings. The maximum atomic E-state index is 5.36. The fourth-order valence-corrected chi connectivity index (χ4v) is 0.563. The first kappa shape index (κ1) is 9.70. The monoisotopic (exact) mass is 142 g/mol. The summed E-state index contributed by atoms with van der Waals surface area (Å²) in [6.45, 7) is 8.01. The third kappa shape index (κ3) is 5.83. The summed E-state index contributed by atoms with van der Waals surface area (Å²) in [6, 6.07) is 0. The Morgan fingerprint density at radius 1 is 1.50 bits per heavy atom. The van der Waals surface area contributed by atoms with Crippen molar-refractivity contribution in [2.24, 2.45) is 0 Å². The molecule has 0 rings (SSSR count). The number of unbranched alkanes of at least 4 members (excludes halogenated alkanes) is 1. The van der Waals surface area contributed by atoms with E-state index in [-0.39, 0.29) is 0 Å². The van der Waals surface area contributed by atoms with E-state index in [2.05, 4.69) is 19.9 Å². The van der Waals surface area contributed by atoms with Crippen molar-refractivity contribution < 1.29 is 4.74 Å². The smallest absolute Gasteiger partial charge is 0.0673 e. The van der Waals surface area contributed by atoms with E-state index in [4.69, 9.17) is 4.74 Å². The van der Waals surface area contributed by atoms with Crippen LogP contribution in [-0.4, -0.2) is 13.2 Å². The molecular weight excluding hydrogens is 124 g/mol. The molecule has 0 aliphatic heterocycles. The Balaban J connectivity index is 3.04. The van der Waals surface area contributed by atoms with Gasteiger partial charge >= 0.3 is 0 Å². The van der Waals surface area contributed by atoms with Crippen LogP contribution in [0.25, 0.3) is 0 Å². The molecule has 1 heteroatoms. The Bertz CT molecular complexity index is 94.9. The van der Waals surface area contributed by atoms with Crippen LogP contribution in [0.3, 0.4) is 0 Å². The molecule has 0 heterocycles. The summed E-state index contributed by atoms with van der Waals surface area (Å²) in [5, 5.41) is 0. The van der Waals surface area contributed by atoms with Crippen molar-refractivity contribution in [2.75, 3.05) is 13.2 Å². The first-order valence-corrected chi connectivity index (χ1v) is 4.00. The van der Waals surface area contributed by atoms with Gasteiger partial charge in [-0.05, 0) is 20.3 Å². The van der Waals surface area contributed by atoms with Crippen molar-refractivity contribution in [1.82, 2.24) is 0 Å². The Labute approximate surface area is 64.1 Å². The van der Waals surface area contributed by atoms with E-state index in [1.54, 1.807) is 0 Å². The van der Waals surface area contributed by atoms with Crippen molar-refractivity contribution >= 4 is 0 Å². The third-order valence-corrected chi connectivity index (χ3v) is 1.46. The van der Waals surface area contributed by atoms with Gasteiger partial charge in [0.1, 0.15) is 0 Å². The highest BCUT2D eigenvalue weighted by Gasteiger charge is 1.87. The number of ether oxygens (including phenoxy) is 1. The molecule has 0 N–H and O–H groups in total. The van der Waals surface area contributed by atoms with Gasteiger partial charge in [0.2, 0.25) is 0 Å². The van der Waals surface area contributed by atoms with Crippen molar-refractivity contribution in [1.29, 1.82) is 0 Å². The molecule has 0 radical (unpaired) electrons. The molecule has 0 saturated heterocycles. The lowest BCUT2D eigenvalue weighted by molar-refractivity contribution is 0.152. The van der Waals surface area contributed by atoms with Gasteiger partial charge < -0.3 is 4.74 Å². The largest absolute Gasteiger partial charge is 0.377 e. The van der Waals surface area contributed by atoms with Gasteiger partial charge in [-0.1, -0.05) is 25.0 Å². The van der Waals surface area contributed by atoms with Crippen LogP contribution >= 0.6 is 0 Å². The molecule has 0 aromatic carbocycles. The van der Waals surface area contributed by atoms with Crippen LogP contribution in [0.2, 0.25) is 0 Å². The third-order valence-electron chi connectivity index (χ3n) is 1.46. The summed E-state index contributed by atoms with van der Waals surface area (Å²) in [6.07, 6.45) is 4.48. The van der Waals surface area contributed by atoms with Crippen LogP contribution in [0.5, 0.6) is 0 Å². The van der Waals surface area contributed by atoms with Crippen LogP contribution in [0.1, 0.15) is 33.6 Å². The molecule has 0 spiro atoms. The SMILES string of the molecule is C/C=C(\C)COCCCC. The van der Waals surface area contributed by atoms with Crippen LogP contribution in [0, 0.1) is 0 Å². The maximum absolute atomic E-state index is 5.36. The average Bonchev–Trinajstić information content (AvgIpc) is 1.98. The first-order valence-electron chi connectivity index (χ1n) is 4.00. The van der Waals surface area contributed by atoms with E-state index in [1.165, 1.54) is 18.4 Å². The molecule has 0 amide bonds. The second-order valence-electron chi connectivity index (χ2n) is 2.54.